The van der Waals surface area contributed by atoms with Crippen molar-refractivity contribution >= 4 is 18.9 Å². The fourth-order valence-corrected chi connectivity index (χ4v) is 6.77. The Labute approximate surface area is 154 Å². The Hall–Kier alpha value is -1.42. The van der Waals surface area contributed by atoms with Crippen LogP contribution in [0.2, 0.25) is 0 Å². The van der Waals surface area contributed by atoms with Crippen molar-refractivity contribution in [2.45, 2.75) is 66.6 Å². The van der Waals surface area contributed by atoms with Gasteiger partial charge in [0.15, 0.2) is 0 Å². The van der Waals surface area contributed by atoms with E-state index in [1.807, 2.05) is 0 Å². The normalized spacial score (nSPS) is 14.3. The van der Waals surface area contributed by atoms with Gasteiger partial charge in [-0.15, -0.1) is 0 Å². The third-order valence-corrected chi connectivity index (χ3v) is 8.29. The molecule has 0 heterocycles. The van der Waals surface area contributed by atoms with Crippen molar-refractivity contribution in [2.75, 3.05) is 0 Å². The van der Waals surface area contributed by atoms with Crippen molar-refractivity contribution in [3.8, 4) is 0 Å². The van der Waals surface area contributed by atoms with E-state index in [2.05, 4.69) is 90.1 Å². The summed E-state index contributed by atoms with van der Waals surface area (Å²) in [6.07, 6.45) is 2.24. The SMILES string of the molecule is CCC(C)O[Si](OC(C)CC)(c1cccc(C)c1)c1cccc(C)c1. The summed E-state index contributed by atoms with van der Waals surface area (Å²) in [6.45, 7) is 12.9. The summed E-state index contributed by atoms with van der Waals surface area (Å²) in [5.41, 5.74) is 2.48. The van der Waals surface area contributed by atoms with Crippen LogP contribution in [0.5, 0.6) is 0 Å². The van der Waals surface area contributed by atoms with E-state index in [1.54, 1.807) is 0 Å². The van der Waals surface area contributed by atoms with Gasteiger partial charge in [0, 0.05) is 12.2 Å². The first-order valence-corrected chi connectivity index (χ1v) is 11.2. The Morgan fingerprint density at radius 1 is 0.760 bits per heavy atom. The van der Waals surface area contributed by atoms with Crippen LogP contribution < -0.4 is 10.4 Å². The molecule has 2 rings (SSSR count). The lowest BCUT2D eigenvalue weighted by molar-refractivity contribution is 0.106. The minimum atomic E-state index is -2.78. The molecule has 2 atom stereocenters. The number of aryl methyl sites for hydroxylation is 2. The zero-order valence-corrected chi connectivity index (χ0v) is 17.5. The molecule has 0 aliphatic heterocycles. The van der Waals surface area contributed by atoms with Gasteiger partial charge < -0.3 is 8.85 Å². The second-order valence-corrected chi connectivity index (χ2v) is 9.89. The summed E-state index contributed by atoms with van der Waals surface area (Å²) in [7, 11) is -2.78. The van der Waals surface area contributed by atoms with Crippen LogP contribution in [0.1, 0.15) is 51.7 Å². The summed E-state index contributed by atoms with van der Waals surface area (Å²) in [5, 5.41) is 2.39. The molecule has 25 heavy (non-hydrogen) atoms. The Morgan fingerprint density at radius 2 is 1.16 bits per heavy atom. The summed E-state index contributed by atoms with van der Waals surface area (Å²) < 4.78 is 13.5. The topological polar surface area (TPSA) is 18.5 Å². The van der Waals surface area contributed by atoms with Gasteiger partial charge in [-0.3, -0.25) is 0 Å². The minimum Gasteiger partial charge on any atom is -0.385 e. The second kappa shape index (κ2) is 8.79. The monoisotopic (exact) mass is 356 g/mol. The highest BCUT2D eigenvalue weighted by Crippen LogP contribution is 2.18. The van der Waals surface area contributed by atoms with Gasteiger partial charge in [0.2, 0.25) is 0 Å². The number of hydrogen-bond acceptors (Lipinski definition) is 2. The third-order valence-electron chi connectivity index (χ3n) is 4.68. The molecule has 0 fully saturated rings. The molecule has 0 aromatic heterocycles. The lowest BCUT2D eigenvalue weighted by Gasteiger charge is -2.36. The maximum Gasteiger partial charge on any atom is 0.407 e. The average molecular weight is 357 g/mol. The van der Waals surface area contributed by atoms with Crippen molar-refractivity contribution in [3.05, 3.63) is 59.7 Å². The first-order valence-electron chi connectivity index (χ1n) is 9.41. The summed E-state index contributed by atoms with van der Waals surface area (Å²) >= 11 is 0. The largest absolute Gasteiger partial charge is 0.407 e. The molecule has 0 radical (unpaired) electrons. The Bertz CT molecular complexity index is 624. The smallest absolute Gasteiger partial charge is 0.385 e. The molecule has 3 heteroatoms. The van der Waals surface area contributed by atoms with Gasteiger partial charge in [-0.1, -0.05) is 73.5 Å². The van der Waals surface area contributed by atoms with Gasteiger partial charge in [-0.05, 0) is 50.9 Å². The van der Waals surface area contributed by atoms with E-state index in [4.69, 9.17) is 8.85 Å². The van der Waals surface area contributed by atoms with Gasteiger partial charge >= 0.3 is 8.56 Å². The van der Waals surface area contributed by atoms with Crippen molar-refractivity contribution in [3.63, 3.8) is 0 Å². The highest BCUT2D eigenvalue weighted by Gasteiger charge is 2.45. The third kappa shape index (κ3) is 4.81. The average Bonchev–Trinajstić information content (AvgIpc) is 2.60. The van der Waals surface area contributed by atoms with Crippen LogP contribution in [0.25, 0.3) is 0 Å². The van der Waals surface area contributed by atoms with E-state index in [-0.39, 0.29) is 12.2 Å². The molecule has 2 aromatic rings. The molecule has 0 amide bonds. The highest BCUT2D eigenvalue weighted by molar-refractivity contribution is 6.92. The van der Waals surface area contributed by atoms with Gasteiger partial charge in [-0.2, -0.15) is 0 Å². The zero-order chi connectivity index (χ0) is 18.4. The standard InChI is InChI=1S/C22H32O2Si/c1-7-19(5)23-25(24-20(6)8-2,21-13-9-11-17(3)15-21)22-14-10-12-18(4)16-22/h9-16,19-20H,7-8H2,1-6H3. The van der Waals surface area contributed by atoms with Crippen molar-refractivity contribution in [2.24, 2.45) is 0 Å². The molecule has 2 unspecified atom stereocenters. The molecule has 0 bridgehead atoms. The fourth-order valence-electron chi connectivity index (χ4n) is 2.90. The number of hydrogen-bond donors (Lipinski definition) is 0. The molecule has 0 aliphatic rings. The van der Waals surface area contributed by atoms with Crippen LogP contribution in [0.4, 0.5) is 0 Å². The molecule has 0 spiro atoms. The fraction of sp³-hybridized carbons (Fsp3) is 0.455. The van der Waals surface area contributed by atoms with Gasteiger partial charge in [-0.25, -0.2) is 0 Å². The Balaban J connectivity index is 2.67. The molecule has 2 aromatic carbocycles. The van der Waals surface area contributed by atoms with E-state index in [9.17, 15) is 0 Å². The predicted molar refractivity (Wildman–Crippen MR) is 109 cm³/mol. The van der Waals surface area contributed by atoms with Crippen molar-refractivity contribution in [1.82, 2.24) is 0 Å². The lowest BCUT2D eigenvalue weighted by atomic mass is 10.2. The highest BCUT2D eigenvalue weighted by atomic mass is 28.4. The molecule has 0 saturated carbocycles. The van der Waals surface area contributed by atoms with E-state index in [1.165, 1.54) is 21.5 Å². The van der Waals surface area contributed by atoms with E-state index < -0.39 is 8.56 Å². The molecule has 0 saturated heterocycles. The number of rotatable bonds is 8. The van der Waals surface area contributed by atoms with Gasteiger partial charge in [0.25, 0.3) is 0 Å². The van der Waals surface area contributed by atoms with E-state index in [0.717, 1.165) is 12.8 Å². The quantitative estimate of drug-likeness (QED) is 0.649. The van der Waals surface area contributed by atoms with Crippen LogP contribution in [0.15, 0.2) is 48.5 Å². The van der Waals surface area contributed by atoms with Crippen molar-refractivity contribution < 1.29 is 8.85 Å². The van der Waals surface area contributed by atoms with Gasteiger partial charge in [0.1, 0.15) is 0 Å². The van der Waals surface area contributed by atoms with Crippen LogP contribution in [0, 0.1) is 13.8 Å². The van der Waals surface area contributed by atoms with Crippen LogP contribution in [-0.2, 0) is 8.85 Å². The van der Waals surface area contributed by atoms with Crippen LogP contribution in [0.3, 0.4) is 0 Å². The summed E-state index contributed by atoms with van der Waals surface area (Å²) in [5.74, 6) is 0. The molecule has 2 nitrogen and oxygen atoms in total. The molecular weight excluding hydrogens is 324 g/mol. The Kier molecular flexibility index (Phi) is 7.00. The van der Waals surface area contributed by atoms with E-state index >= 15 is 0 Å². The number of benzene rings is 2. The minimum absolute atomic E-state index is 0.150. The summed E-state index contributed by atoms with van der Waals surface area (Å²) in [6, 6.07) is 17.3. The molecule has 0 N–H and O–H groups in total. The zero-order valence-electron chi connectivity index (χ0n) is 16.5. The molecule has 0 aliphatic carbocycles. The first kappa shape index (κ1) is 19.9. The van der Waals surface area contributed by atoms with E-state index in [0.29, 0.717) is 0 Å². The van der Waals surface area contributed by atoms with Gasteiger partial charge in [0.05, 0.1) is 0 Å². The van der Waals surface area contributed by atoms with Crippen LogP contribution >= 0.6 is 0 Å². The molecular formula is C22H32O2Si. The second-order valence-electron chi connectivity index (χ2n) is 7.03. The summed E-state index contributed by atoms with van der Waals surface area (Å²) in [4.78, 5) is 0. The maximum atomic E-state index is 6.76. The first-order chi connectivity index (χ1) is 11.9. The maximum absolute atomic E-state index is 6.76. The predicted octanol–water partition coefficient (Wildman–Crippen LogP) is 4.49. The Morgan fingerprint density at radius 3 is 1.48 bits per heavy atom. The van der Waals surface area contributed by atoms with Crippen LogP contribution in [-0.4, -0.2) is 20.8 Å². The lowest BCUT2D eigenvalue weighted by Crippen LogP contribution is -2.65. The molecule has 136 valence electrons. The van der Waals surface area contributed by atoms with Crippen molar-refractivity contribution in [1.29, 1.82) is 0 Å².